The molecule has 1 aromatic rings. The number of carbonyl (C=O) groups excluding carboxylic acids is 1. The molecule has 104 valence electrons. The number of hydrogen-bond donors (Lipinski definition) is 0. The van der Waals surface area contributed by atoms with Crippen LogP contribution in [-0.4, -0.2) is 27.3 Å². The highest BCUT2D eigenvalue weighted by Crippen LogP contribution is 2.49. The van der Waals surface area contributed by atoms with Crippen molar-refractivity contribution in [2.75, 3.05) is 21.3 Å². The Balaban J connectivity index is 2.56. The van der Waals surface area contributed by atoms with E-state index in [1.165, 1.54) is 7.11 Å². The van der Waals surface area contributed by atoms with Crippen LogP contribution in [0.2, 0.25) is 0 Å². The maximum absolute atomic E-state index is 12.2. The van der Waals surface area contributed by atoms with Gasteiger partial charge in [-0.15, -0.1) is 0 Å². The lowest BCUT2D eigenvalue weighted by Crippen LogP contribution is -2.43. The van der Waals surface area contributed by atoms with E-state index in [4.69, 9.17) is 14.2 Å². The van der Waals surface area contributed by atoms with Crippen molar-refractivity contribution in [3.63, 3.8) is 0 Å². The summed E-state index contributed by atoms with van der Waals surface area (Å²) in [7, 11) is 4.68. The Kier molecular flexibility index (Phi) is 3.69. The summed E-state index contributed by atoms with van der Waals surface area (Å²) in [5, 5.41) is 0. The van der Waals surface area contributed by atoms with Gasteiger partial charge in [0, 0.05) is 5.56 Å². The lowest BCUT2D eigenvalue weighted by molar-refractivity contribution is -0.151. The number of carbonyl (C=O) groups is 1. The fraction of sp³-hybridized carbons (Fsp3) is 0.533. The van der Waals surface area contributed by atoms with Crippen LogP contribution >= 0.6 is 0 Å². The molecule has 0 amide bonds. The third-order valence-corrected chi connectivity index (χ3v) is 4.02. The molecule has 1 fully saturated rings. The van der Waals surface area contributed by atoms with Crippen molar-refractivity contribution in [1.82, 2.24) is 0 Å². The van der Waals surface area contributed by atoms with Crippen LogP contribution in [0.3, 0.4) is 0 Å². The molecule has 0 aliphatic heterocycles. The minimum atomic E-state index is -0.568. The Hall–Kier alpha value is -1.71. The fourth-order valence-electron chi connectivity index (χ4n) is 2.73. The second-order valence-corrected chi connectivity index (χ2v) is 4.95. The molecule has 0 saturated heterocycles. The molecule has 0 N–H and O–H groups in total. The number of hydrogen-bond acceptors (Lipinski definition) is 4. The van der Waals surface area contributed by atoms with Crippen molar-refractivity contribution in [2.24, 2.45) is 0 Å². The Morgan fingerprint density at radius 2 is 1.74 bits per heavy atom. The minimum absolute atomic E-state index is 0.192. The second kappa shape index (κ2) is 5.11. The Morgan fingerprint density at radius 1 is 1.11 bits per heavy atom. The van der Waals surface area contributed by atoms with Gasteiger partial charge in [0.2, 0.25) is 0 Å². The van der Waals surface area contributed by atoms with Crippen LogP contribution in [0.1, 0.15) is 30.4 Å². The van der Waals surface area contributed by atoms with Crippen LogP contribution in [0.5, 0.6) is 11.5 Å². The zero-order valence-electron chi connectivity index (χ0n) is 11.9. The van der Waals surface area contributed by atoms with E-state index in [2.05, 4.69) is 0 Å². The van der Waals surface area contributed by atoms with Crippen molar-refractivity contribution in [1.29, 1.82) is 0 Å². The summed E-state index contributed by atoms with van der Waals surface area (Å²) < 4.78 is 15.8. The molecule has 0 radical (unpaired) electrons. The quantitative estimate of drug-likeness (QED) is 0.784. The highest BCUT2D eigenvalue weighted by atomic mass is 16.5. The summed E-state index contributed by atoms with van der Waals surface area (Å²) in [6.07, 6.45) is 2.61. The molecule has 1 aliphatic carbocycles. The van der Waals surface area contributed by atoms with Crippen molar-refractivity contribution in [3.8, 4) is 11.5 Å². The molecule has 0 atom stereocenters. The van der Waals surface area contributed by atoms with Gasteiger partial charge in [-0.25, -0.2) is 0 Å². The smallest absolute Gasteiger partial charge is 0.316 e. The number of methoxy groups -OCH3 is 3. The fourth-order valence-corrected chi connectivity index (χ4v) is 2.73. The van der Waals surface area contributed by atoms with Crippen LogP contribution in [0.15, 0.2) is 12.1 Å². The minimum Gasteiger partial charge on any atom is -0.496 e. The van der Waals surface area contributed by atoms with E-state index in [0.717, 1.165) is 41.9 Å². The second-order valence-electron chi connectivity index (χ2n) is 4.95. The molecule has 0 spiro atoms. The maximum Gasteiger partial charge on any atom is 0.316 e. The van der Waals surface area contributed by atoms with Gasteiger partial charge in [-0.2, -0.15) is 0 Å². The molecule has 1 aromatic carbocycles. The first-order valence-corrected chi connectivity index (χ1v) is 6.40. The zero-order chi connectivity index (χ0) is 14.0. The van der Waals surface area contributed by atoms with Crippen molar-refractivity contribution < 1.29 is 19.0 Å². The summed E-state index contributed by atoms with van der Waals surface area (Å²) in [6, 6.07) is 3.82. The van der Waals surface area contributed by atoms with Crippen LogP contribution in [0.4, 0.5) is 0 Å². The molecule has 4 nitrogen and oxygen atoms in total. The first-order valence-electron chi connectivity index (χ1n) is 6.40. The van der Waals surface area contributed by atoms with Gasteiger partial charge in [0.15, 0.2) is 0 Å². The van der Waals surface area contributed by atoms with Crippen molar-refractivity contribution >= 4 is 5.97 Å². The van der Waals surface area contributed by atoms with E-state index in [1.54, 1.807) is 14.2 Å². The normalized spacial score (nSPS) is 16.4. The lowest BCUT2D eigenvalue weighted by Gasteiger charge is -2.40. The largest absolute Gasteiger partial charge is 0.496 e. The molecular weight excluding hydrogens is 244 g/mol. The van der Waals surface area contributed by atoms with E-state index >= 15 is 0 Å². The molecule has 0 aromatic heterocycles. The highest BCUT2D eigenvalue weighted by molar-refractivity contribution is 5.85. The van der Waals surface area contributed by atoms with Gasteiger partial charge in [0.1, 0.15) is 11.5 Å². The molecule has 0 heterocycles. The highest BCUT2D eigenvalue weighted by Gasteiger charge is 2.48. The van der Waals surface area contributed by atoms with E-state index in [1.807, 2.05) is 19.1 Å². The lowest BCUT2D eigenvalue weighted by atomic mass is 9.64. The zero-order valence-corrected chi connectivity index (χ0v) is 11.9. The summed E-state index contributed by atoms with van der Waals surface area (Å²) in [6.45, 7) is 1.96. The molecule has 2 rings (SSSR count). The van der Waals surface area contributed by atoms with E-state index in [9.17, 15) is 4.79 Å². The first kappa shape index (κ1) is 13.7. The Morgan fingerprint density at radius 3 is 2.16 bits per heavy atom. The van der Waals surface area contributed by atoms with Gasteiger partial charge in [-0.3, -0.25) is 4.79 Å². The topological polar surface area (TPSA) is 44.8 Å². The predicted molar refractivity (Wildman–Crippen MR) is 71.8 cm³/mol. The van der Waals surface area contributed by atoms with Crippen LogP contribution in [0.25, 0.3) is 0 Å². The number of benzene rings is 1. The van der Waals surface area contributed by atoms with E-state index in [-0.39, 0.29) is 5.97 Å². The summed E-state index contributed by atoms with van der Waals surface area (Å²) in [4.78, 5) is 12.2. The third kappa shape index (κ3) is 2.05. The predicted octanol–water partition coefficient (Wildman–Crippen LogP) is 2.61. The Bertz CT molecular complexity index is 489. The van der Waals surface area contributed by atoms with Crippen molar-refractivity contribution in [3.05, 3.63) is 23.3 Å². The number of esters is 1. The molecular formula is C15H20O4. The molecule has 19 heavy (non-hydrogen) atoms. The van der Waals surface area contributed by atoms with Gasteiger partial charge in [0.05, 0.1) is 26.7 Å². The maximum atomic E-state index is 12.2. The van der Waals surface area contributed by atoms with Gasteiger partial charge in [-0.1, -0.05) is 6.42 Å². The Labute approximate surface area is 113 Å². The summed E-state index contributed by atoms with van der Waals surface area (Å²) >= 11 is 0. The summed E-state index contributed by atoms with van der Waals surface area (Å²) in [5.74, 6) is 1.30. The number of aryl methyl sites for hydroxylation is 1. The standard InChI is InChI=1S/C15H20O4/c1-10-8-13(18-3)11(9-12(10)17-2)15(6-5-7-15)14(16)19-4/h8-9H,5-7H2,1-4H3. The van der Waals surface area contributed by atoms with Gasteiger partial charge < -0.3 is 14.2 Å². The number of ether oxygens (including phenoxy) is 3. The van der Waals surface area contributed by atoms with E-state index < -0.39 is 5.41 Å². The first-order chi connectivity index (χ1) is 9.08. The number of rotatable bonds is 4. The monoisotopic (exact) mass is 264 g/mol. The van der Waals surface area contributed by atoms with Gasteiger partial charge in [-0.05, 0) is 37.5 Å². The average molecular weight is 264 g/mol. The van der Waals surface area contributed by atoms with Crippen LogP contribution in [-0.2, 0) is 14.9 Å². The summed E-state index contributed by atoms with van der Waals surface area (Å²) in [5.41, 5.74) is 1.29. The molecule has 0 unspecified atom stereocenters. The SMILES string of the molecule is COC(=O)C1(c2cc(OC)c(C)cc2OC)CCC1. The van der Waals surface area contributed by atoms with Crippen LogP contribution in [0, 0.1) is 6.92 Å². The molecule has 4 heteroatoms. The van der Waals surface area contributed by atoms with Crippen molar-refractivity contribution in [2.45, 2.75) is 31.6 Å². The van der Waals surface area contributed by atoms with E-state index in [0.29, 0.717) is 0 Å². The van der Waals surface area contributed by atoms with Gasteiger partial charge in [0.25, 0.3) is 0 Å². The van der Waals surface area contributed by atoms with Gasteiger partial charge >= 0.3 is 5.97 Å². The molecule has 1 aliphatic rings. The third-order valence-electron chi connectivity index (χ3n) is 4.02. The average Bonchev–Trinajstić information content (AvgIpc) is 2.38. The van der Waals surface area contributed by atoms with Crippen LogP contribution < -0.4 is 9.47 Å². The molecule has 0 bridgehead atoms. The molecule has 1 saturated carbocycles.